The quantitative estimate of drug-likeness (QED) is 0.704. The first-order valence-corrected chi connectivity index (χ1v) is 9.53. The smallest absolute Gasteiger partial charge is 0.259 e. The van der Waals surface area contributed by atoms with E-state index in [1.807, 2.05) is 42.5 Å². The third kappa shape index (κ3) is 4.00. The summed E-state index contributed by atoms with van der Waals surface area (Å²) in [6.45, 7) is 2.06. The first-order chi connectivity index (χ1) is 12.0. The molecule has 0 saturated carbocycles. The Hall–Kier alpha value is -2.38. The van der Waals surface area contributed by atoms with Gasteiger partial charge in [0.1, 0.15) is 11.6 Å². The summed E-state index contributed by atoms with van der Waals surface area (Å²) in [4.78, 5) is 4.08. The van der Waals surface area contributed by atoms with Crippen LogP contribution in [0.1, 0.15) is 29.5 Å². The lowest BCUT2D eigenvalue weighted by Crippen LogP contribution is -2.26. The van der Waals surface area contributed by atoms with Gasteiger partial charge < -0.3 is 8.98 Å². The number of hydrogen-bond donors (Lipinski definition) is 1. The number of imidazole rings is 1. The SMILES string of the molecule is Cc1nc(S(=O)(=O)NCC[C@@H](c2ccccc2)c2ccco2)cn1C. The van der Waals surface area contributed by atoms with Gasteiger partial charge in [-0.3, -0.25) is 0 Å². The summed E-state index contributed by atoms with van der Waals surface area (Å²) in [6, 6.07) is 13.7. The van der Waals surface area contributed by atoms with Crippen molar-refractivity contribution in [3.05, 3.63) is 72.1 Å². The van der Waals surface area contributed by atoms with Gasteiger partial charge in [-0.25, -0.2) is 18.1 Å². The number of rotatable bonds is 7. The first-order valence-electron chi connectivity index (χ1n) is 8.05. The van der Waals surface area contributed by atoms with E-state index in [9.17, 15) is 8.42 Å². The fourth-order valence-corrected chi connectivity index (χ4v) is 3.80. The standard InChI is InChI=1S/C18H21N3O3S/c1-14-20-18(13-21(14)2)25(22,23)19-11-10-16(17-9-6-12-24-17)15-7-4-3-5-8-15/h3-9,12-13,16,19H,10-11H2,1-2H3/t16-/m0/s1. The second-order valence-corrected chi connectivity index (χ2v) is 7.62. The van der Waals surface area contributed by atoms with Crippen molar-refractivity contribution in [2.24, 2.45) is 7.05 Å². The average Bonchev–Trinajstić information content (AvgIpc) is 3.23. The highest BCUT2D eigenvalue weighted by Crippen LogP contribution is 2.28. The van der Waals surface area contributed by atoms with Crippen molar-refractivity contribution in [1.29, 1.82) is 0 Å². The van der Waals surface area contributed by atoms with Crippen molar-refractivity contribution >= 4 is 10.0 Å². The fraction of sp³-hybridized carbons (Fsp3) is 0.278. The van der Waals surface area contributed by atoms with Crippen LogP contribution in [0.2, 0.25) is 0 Å². The van der Waals surface area contributed by atoms with E-state index in [0.717, 1.165) is 11.3 Å². The zero-order chi connectivity index (χ0) is 17.9. The molecule has 1 N–H and O–H groups in total. The van der Waals surface area contributed by atoms with E-state index in [-0.39, 0.29) is 17.5 Å². The minimum absolute atomic E-state index is 0.00984. The number of nitrogens with zero attached hydrogens (tertiary/aromatic N) is 2. The summed E-state index contributed by atoms with van der Waals surface area (Å²) in [6.07, 6.45) is 3.73. The van der Waals surface area contributed by atoms with Gasteiger partial charge in [-0.1, -0.05) is 30.3 Å². The van der Waals surface area contributed by atoms with Gasteiger partial charge >= 0.3 is 0 Å². The number of furan rings is 1. The van der Waals surface area contributed by atoms with Crippen molar-refractivity contribution in [3.8, 4) is 0 Å². The maximum absolute atomic E-state index is 12.4. The molecule has 0 bridgehead atoms. The predicted molar refractivity (Wildman–Crippen MR) is 94.7 cm³/mol. The van der Waals surface area contributed by atoms with E-state index in [1.54, 1.807) is 24.8 Å². The van der Waals surface area contributed by atoms with Crippen molar-refractivity contribution in [2.75, 3.05) is 6.54 Å². The molecule has 0 spiro atoms. The number of hydrogen-bond acceptors (Lipinski definition) is 4. The molecule has 25 heavy (non-hydrogen) atoms. The van der Waals surface area contributed by atoms with Crippen LogP contribution in [0.25, 0.3) is 0 Å². The summed E-state index contributed by atoms with van der Waals surface area (Å²) in [7, 11) is -1.85. The molecule has 2 aromatic heterocycles. The lowest BCUT2D eigenvalue weighted by molar-refractivity contribution is 0.472. The molecule has 0 aliphatic carbocycles. The summed E-state index contributed by atoms with van der Waals surface area (Å²) < 4.78 is 34.6. The third-order valence-corrected chi connectivity index (χ3v) is 5.51. The number of nitrogens with one attached hydrogen (secondary N) is 1. The maximum atomic E-state index is 12.4. The lowest BCUT2D eigenvalue weighted by Gasteiger charge is -2.15. The number of benzene rings is 1. The highest BCUT2D eigenvalue weighted by molar-refractivity contribution is 7.89. The maximum Gasteiger partial charge on any atom is 0.259 e. The van der Waals surface area contributed by atoms with Gasteiger partial charge in [0.05, 0.1) is 6.26 Å². The summed E-state index contributed by atoms with van der Waals surface area (Å²) >= 11 is 0. The topological polar surface area (TPSA) is 77.1 Å². The van der Waals surface area contributed by atoms with Crippen LogP contribution in [0.4, 0.5) is 0 Å². The van der Waals surface area contributed by atoms with Crippen LogP contribution in [0.15, 0.2) is 64.4 Å². The van der Waals surface area contributed by atoms with Gasteiger partial charge in [0.25, 0.3) is 10.0 Å². The van der Waals surface area contributed by atoms with Crippen LogP contribution in [0, 0.1) is 6.92 Å². The van der Waals surface area contributed by atoms with E-state index >= 15 is 0 Å². The summed E-state index contributed by atoms with van der Waals surface area (Å²) in [5, 5.41) is 0.0433. The molecule has 1 atom stereocenters. The normalized spacial score (nSPS) is 13.0. The van der Waals surface area contributed by atoms with E-state index in [0.29, 0.717) is 12.2 Å². The van der Waals surface area contributed by atoms with E-state index in [2.05, 4.69) is 9.71 Å². The zero-order valence-electron chi connectivity index (χ0n) is 14.2. The van der Waals surface area contributed by atoms with Gasteiger partial charge in [-0.15, -0.1) is 0 Å². The Morgan fingerprint density at radius 1 is 1.20 bits per heavy atom. The van der Waals surface area contributed by atoms with Gasteiger partial charge in [0, 0.05) is 25.7 Å². The second-order valence-electron chi connectivity index (χ2n) is 5.90. The monoisotopic (exact) mass is 359 g/mol. The molecule has 3 rings (SSSR count). The summed E-state index contributed by atoms with van der Waals surface area (Å²) in [5.41, 5.74) is 1.09. The Labute approximate surface area is 147 Å². The molecule has 0 saturated heterocycles. The van der Waals surface area contributed by atoms with E-state index in [4.69, 9.17) is 4.42 Å². The van der Waals surface area contributed by atoms with Crippen molar-refractivity contribution < 1.29 is 12.8 Å². The second kappa shape index (κ2) is 7.25. The molecule has 6 nitrogen and oxygen atoms in total. The molecular weight excluding hydrogens is 338 g/mol. The van der Waals surface area contributed by atoms with Gasteiger partial charge in [0.15, 0.2) is 5.03 Å². The Morgan fingerprint density at radius 2 is 1.96 bits per heavy atom. The molecule has 0 aliphatic rings. The zero-order valence-corrected chi connectivity index (χ0v) is 15.0. The predicted octanol–water partition coefficient (Wildman–Crippen LogP) is 2.82. The van der Waals surface area contributed by atoms with Crippen LogP contribution in [0.3, 0.4) is 0 Å². The first kappa shape index (κ1) is 17.4. The molecule has 7 heteroatoms. The lowest BCUT2D eigenvalue weighted by atomic mass is 9.93. The summed E-state index contributed by atoms with van der Waals surface area (Å²) in [5.74, 6) is 1.46. The van der Waals surface area contributed by atoms with Crippen LogP contribution in [-0.2, 0) is 17.1 Å². The largest absolute Gasteiger partial charge is 0.469 e. The van der Waals surface area contributed by atoms with E-state index < -0.39 is 10.0 Å². The molecule has 132 valence electrons. The van der Waals surface area contributed by atoms with Crippen molar-refractivity contribution in [3.63, 3.8) is 0 Å². The molecule has 0 unspecified atom stereocenters. The minimum Gasteiger partial charge on any atom is -0.469 e. The molecule has 1 aromatic carbocycles. The third-order valence-electron chi connectivity index (χ3n) is 4.18. The van der Waals surface area contributed by atoms with Gasteiger partial charge in [-0.05, 0) is 31.0 Å². The fourth-order valence-electron chi connectivity index (χ4n) is 2.72. The van der Waals surface area contributed by atoms with Crippen LogP contribution in [-0.4, -0.2) is 24.5 Å². The minimum atomic E-state index is -3.62. The number of sulfonamides is 1. The highest BCUT2D eigenvalue weighted by atomic mass is 32.2. The van der Waals surface area contributed by atoms with E-state index in [1.165, 1.54) is 6.20 Å². The molecular formula is C18H21N3O3S. The molecule has 3 aromatic rings. The average molecular weight is 359 g/mol. The molecule has 0 aliphatic heterocycles. The van der Waals surface area contributed by atoms with Crippen molar-refractivity contribution in [2.45, 2.75) is 24.3 Å². The van der Waals surface area contributed by atoms with Gasteiger partial charge in [-0.2, -0.15) is 0 Å². The molecule has 0 fully saturated rings. The Balaban J connectivity index is 1.72. The van der Waals surface area contributed by atoms with Gasteiger partial charge in [0.2, 0.25) is 0 Å². The Bertz CT molecular complexity index is 896. The number of aromatic nitrogens is 2. The van der Waals surface area contributed by atoms with Crippen LogP contribution >= 0.6 is 0 Å². The molecule has 2 heterocycles. The van der Waals surface area contributed by atoms with Crippen LogP contribution < -0.4 is 4.72 Å². The highest BCUT2D eigenvalue weighted by Gasteiger charge is 2.21. The number of aryl methyl sites for hydroxylation is 2. The van der Waals surface area contributed by atoms with Crippen LogP contribution in [0.5, 0.6) is 0 Å². The Kier molecular flexibility index (Phi) is 5.06. The molecule has 0 radical (unpaired) electrons. The Morgan fingerprint density at radius 3 is 2.56 bits per heavy atom. The molecule has 0 amide bonds. The van der Waals surface area contributed by atoms with Crippen molar-refractivity contribution in [1.82, 2.24) is 14.3 Å².